The number of carbonyl (C=O) groups excluding carboxylic acids is 1. The molecule has 5 heteroatoms. The first-order chi connectivity index (χ1) is 10.1. The van der Waals surface area contributed by atoms with E-state index in [0.29, 0.717) is 6.61 Å². The highest BCUT2D eigenvalue weighted by atomic mass is 16.5. The van der Waals surface area contributed by atoms with Crippen LogP contribution in [0, 0.1) is 0 Å². The van der Waals surface area contributed by atoms with E-state index in [4.69, 9.17) is 4.74 Å². The normalized spacial score (nSPS) is 18.5. The van der Waals surface area contributed by atoms with Crippen molar-refractivity contribution in [2.45, 2.75) is 25.3 Å². The van der Waals surface area contributed by atoms with Gasteiger partial charge in [0.1, 0.15) is 12.4 Å². The van der Waals surface area contributed by atoms with E-state index >= 15 is 0 Å². The van der Waals surface area contributed by atoms with Gasteiger partial charge in [-0.1, -0.05) is 6.42 Å². The highest BCUT2D eigenvalue weighted by molar-refractivity contribution is 5.94. The summed E-state index contributed by atoms with van der Waals surface area (Å²) in [6.45, 7) is 2.47. The van der Waals surface area contributed by atoms with Gasteiger partial charge >= 0.3 is 0 Å². The predicted octanol–water partition coefficient (Wildman–Crippen LogP) is 1.71. The van der Waals surface area contributed by atoms with Crippen LogP contribution in [0.4, 0.5) is 5.69 Å². The Kier molecular flexibility index (Phi) is 6.02. The van der Waals surface area contributed by atoms with Crippen molar-refractivity contribution >= 4 is 11.6 Å². The van der Waals surface area contributed by atoms with Gasteiger partial charge in [0.2, 0.25) is 5.91 Å². The Labute approximate surface area is 126 Å². The maximum Gasteiger partial charge on any atom is 0.241 e. The molecule has 1 amide bonds. The molecule has 0 aromatic heterocycles. The van der Waals surface area contributed by atoms with E-state index in [1.807, 2.05) is 38.4 Å². The summed E-state index contributed by atoms with van der Waals surface area (Å²) in [5, 5.41) is 6.20. The highest BCUT2D eigenvalue weighted by Gasteiger charge is 2.20. The summed E-state index contributed by atoms with van der Waals surface area (Å²) < 4.78 is 5.63. The van der Waals surface area contributed by atoms with Crippen molar-refractivity contribution in [3.05, 3.63) is 24.3 Å². The molecule has 0 spiro atoms. The lowest BCUT2D eigenvalue weighted by molar-refractivity contribution is -0.118. The molecule has 1 saturated heterocycles. The zero-order valence-electron chi connectivity index (χ0n) is 12.9. The number of nitrogens with one attached hydrogen (secondary N) is 2. The first-order valence-electron chi connectivity index (χ1n) is 7.57. The van der Waals surface area contributed by atoms with Crippen molar-refractivity contribution in [1.82, 2.24) is 10.2 Å². The van der Waals surface area contributed by atoms with Crippen LogP contribution in [-0.2, 0) is 4.79 Å². The number of carbonyl (C=O) groups is 1. The lowest BCUT2D eigenvalue weighted by atomic mass is 10.0. The van der Waals surface area contributed by atoms with Crippen LogP contribution in [0.15, 0.2) is 24.3 Å². The number of likely N-dealkylation sites (N-methyl/N-ethyl adjacent to an activating group) is 1. The number of amides is 1. The Morgan fingerprint density at radius 1 is 1.33 bits per heavy atom. The number of hydrogen-bond acceptors (Lipinski definition) is 4. The summed E-state index contributed by atoms with van der Waals surface area (Å²) >= 11 is 0. The molecule has 0 unspecified atom stereocenters. The Morgan fingerprint density at radius 2 is 2.10 bits per heavy atom. The first-order valence-corrected chi connectivity index (χ1v) is 7.57. The topological polar surface area (TPSA) is 53.6 Å². The molecule has 1 aromatic rings. The van der Waals surface area contributed by atoms with Crippen molar-refractivity contribution in [3.8, 4) is 5.75 Å². The van der Waals surface area contributed by atoms with Gasteiger partial charge in [-0.2, -0.15) is 0 Å². The van der Waals surface area contributed by atoms with Crippen molar-refractivity contribution in [2.24, 2.45) is 0 Å². The summed E-state index contributed by atoms with van der Waals surface area (Å²) in [7, 11) is 4.03. The molecule has 1 fully saturated rings. The second-order valence-electron chi connectivity index (χ2n) is 5.67. The summed E-state index contributed by atoms with van der Waals surface area (Å²) in [4.78, 5) is 14.2. The van der Waals surface area contributed by atoms with Gasteiger partial charge in [0.25, 0.3) is 0 Å². The van der Waals surface area contributed by atoms with E-state index in [1.54, 1.807) is 0 Å². The van der Waals surface area contributed by atoms with Gasteiger partial charge < -0.3 is 20.3 Å². The van der Waals surface area contributed by atoms with Crippen LogP contribution >= 0.6 is 0 Å². The minimum atomic E-state index is -0.0604. The van der Waals surface area contributed by atoms with Gasteiger partial charge in [-0.15, -0.1) is 0 Å². The number of anilines is 1. The standard InChI is InChI=1S/C16H25N3O2/c1-19(2)11-12-21-14-8-6-13(7-9-14)18-16(20)15-5-3-4-10-17-15/h6-9,15,17H,3-5,10-12H2,1-2H3,(H,18,20)/t15-/m0/s1. The number of piperidine rings is 1. The molecule has 116 valence electrons. The first kappa shape index (κ1) is 15.8. The Balaban J connectivity index is 1.80. The summed E-state index contributed by atoms with van der Waals surface area (Å²) in [5.41, 5.74) is 0.812. The molecule has 1 aliphatic rings. The Hall–Kier alpha value is -1.59. The van der Waals surface area contributed by atoms with E-state index in [2.05, 4.69) is 15.5 Å². The van der Waals surface area contributed by atoms with Gasteiger partial charge in [0, 0.05) is 12.2 Å². The Bertz CT molecular complexity index is 439. The molecule has 0 aliphatic carbocycles. The summed E-state index contributed by atoms with van der Waals surface area (Å²) in [6, 6.07) is 7.48. The SMILES string of the molecule is CN(C)CCOc1ccc(NC(=O)[C@@H]2CCCCN2)cc1. The molecule has 1 aromatic carbocycles. The van der Waals surface area contributed by atoms with Crippen molar-refractivity contribution in [3.63, 3.8) is 0 Å². The maximum atomic E-state index is 12.1. The number of ether oxygens (including phenoxy) is 1. The minimum Gasteiger partial charge on any atom is -0.492 e. The van der Waals surface area contributed by atoms with Crippen LogP contribution < -0.4 is 15.4 Å². The fourth-order valence-electron chi connectivity index (χ4n) is 2.29. The molecule has 1 aliphatic heterocycles. The van der Waals surface area contributed by atoms with Crippen molar-refractivity contribution in [2.75, 3.05) is 39.1 Å². The predicted molar refractivity (Wildman–Crippen MR) is 84.8 cm³/mol. The smallest absolute Gasteiger partial charge is 0.241 e. The van der Waals surface area contributed by atoms with Crippen LogP contribution in [0.3, 0.4) is 0 Å². The average molecular weight is 291 g/mol. The average Bonchev–Trinajstić information content (AvgIpc) is 2.49. The zero-order valence-corrected chi connectivity index (χ0v) is 12.9. The molecule has 5 nitrogen and oxygen atoms in total. The second kappa shape index (κ2) is 8.00. The summed E-state index contributed by atoms with van der Waals surface area (Å²) in [5.74, 6) is 0.876. The number of nitrogens with zero attached hydrogens (tertiary/aromatic N) is 1. The van der Waals surface area contributed by atoms with E-state index in [-0.39, 0.29) is 11.9 Å². The van der Waals surface area contributed by atoms with E-state index in [1.165, 1.54) is 0 Å². The molecule has 0 radical (unpaired) electrons. The largest absolute Gasteiger partial charge is 0.492 e. The highest BCUT2D eigenvalue weighted by Crippen LogP contribution is 2.17. The number of hydrogen-bond donors (Lipinski definition) is 2. The lowest BCUT2D eigenvalue weighted by Crippen LogP contribution is -2.43. The van der Waals surface area contributed by atoms with Crippen LogP contribution in [0.5, 0.6) is 5.75 Å². The molecule has 1 atom stereocenters. The van der Waals surface area contributed by atoms with Gasteiger partial charge in [0.05, 0.1) is 6.04 Å². The molecule has 1 heterocycles. The third-order valence-corrected chi connectivity index (χ3v) is 3.56. The van der Waals surface area contributed by atoms with Crippen LogP contribution in [0.1, 0.15) is 19.3 Å². The molecular formula is C16H25N3O2. The van der Waals surface area contributed by atoms with Crippen LogP contribution in [-0.4, -0.2) is 50.6 Å². The van der Waals surface area contributed by atoms with Gasteiger partial charge in [-0.25, -0.2) is 0 Å². The van der Waals surface area contributed by atoms with Crippen LogP contribution in [0.25, 0.3) is 0 Å². The fourth-order valence-corrected chi connectivity index (χ4v) is 2.29. The minimum absolute atomic E-state index is 0.0518. The zero-order chi connectivity index (χ0) is 15.1. The van der Waals surface area contributed by atoms with Crippen molar-refractivity contribution < 1.29 is 9.53 Å². The number of benzene rings is 1. The Morgan fingerprint density at radius 3 is 2.71 bits per heavy atom. The number of rotatable bonds is 6. The molecule has 2 rings (SSSR count). The summed E-state index contributed by atoms with van der Waals surface area (Å²) in [6.07, 6.45) is 3.18. The van der Waals surface area contributed by atoms with E-state index in [9.17, 15) is 4.79 Å². The lowest BCUT2D eigenvalue weighted by Gasteiger charge is -2.22. The molecule has 21 heavy (non-hydrogen) atoms. The fraction of sp³-hybridized carbons (Fsp3) is 0.562. The molecular weight excluding hydrogens is 266 g/mol. The van der Waals surface area contributed by atoms with Gasteiger partial charge in [-0.3, -0.25) is 4.79 Å². The molecule has 0 bridgehead atoms. The van der Waals surface area contributed by atoms with E-state index < -0.39 is 0 Å². The molecule has 0 saturated carbocycles. The van der Waals surface area contributed by atoms with Gasteiger partial charge in [0.15, 0.2) is 0 Å². The third-order valence-electron chi connectivity index (χ3n) is 3.56. The van der Waals surface area contributed by atoms with E-state index in [0.717, 1.165) is 43.8 Å². The van der Waals surface area contributed by atoms with Crippen LogP contribution in [0.2, 0.25) is 0 Å². The second-order valence-corrected chi connectivity index (χ2v) is 5.67. The molecule has 2 N–H and O–H groups in total. The van der Waals surface area contributed by atoms with Crippen molar-refractivity contribution in [1.29, 1.82) is 0 Å². The van der Waals surface area contributed by atoms with Gasteiger partial charge in [-0.05, 0) is 57.7 Å². The maximum absolute atomic E-state index is 12.1. The monoisotopic (exact) mass is 291 g/mol. The quantitative estimate of drug-likeness (QED) is 0.838. The third kappa shape index (κ3) is 5.36.